The van der Waals surface area contributed by atoms with Crippen LogP contribution in [0.1, 0.15) is 54.8 Å². The van der Waals surface area contributed by atoms with Crippen LogP contribution < -0.4 is 16.7 Å². The van der Waals surface area contributed by atoms with Gasteiger partial charge in [0.05, 0.1) is 27.8 Å². The Morgan fingerprint density at radius 3 is 2.04 bits per heavy atom. The molecule has 4 aliphatic heterocycles. The molecule has 2 bridgehead atoms. The zero-order chi connectivity index (χ0) is 37.1. The summed E-state index contributed by atoms with van der Waals surface area (Å²) in [7, 11) is 2.11. The van der Waals surface area contributed by atoms with Crippen molar-refractivity contribution in [3.05, 3.63) is 63.6 Å². The summed E-state index contributed by atoms with van der Waals surface area (Å²) < 4.78 is 85.0. The predicted octanol–water partition coefficient (Wildman–Crippen LogP) is 4.29. The molecule has 52 heavy (non-hydrogen) atoms. The maximum Gasteiger partial charge on any atom is 0.418 e. The lowest BCUT2D eigenvalue weighted by Crippen LogP contribution is -2.57. The average Bonchev–Trinajstić information content (AvgIpc) is 3.78. The van der Waals surface area contributed by atoms with Crippen LogP contribution in [-0.4, -0.2) is 112 Å². The minimum Gasteiger partial charge on any atom is -0.398 e. The summed E-state index contributed by atoms with van der Waals surface area (Å²) in [6, 6.07) is 7.17. The van der Waals surface area contributed by atoms with Crippen LogP contribution >= 0.6 is 0 Å². The van der Waals surface area contributed by atoms with E-state index in [0.29, 0.717) is 68.5 Å². The van der Waals surface area contributed by atoms with Gasteiger partial charge in [0.1, 0.15) is 6.04 Å². The van der Waals surface area contributed by atoms with E-state index in [9.17, 15) is 40.7 Å². The number of aromatic amines is 1. The number of anilines is 1. The minimum absolute atomic E-state index is 0.209. The van der Waals surface area contributed by atoms with E-state index in [1.165, 1.54) is 4.90 Å². The van der Waals surface area contributed by atoms with Crippen molar-refractivity contribution >= 4 is 28.7 Å². The van der Waals surface area contributed by atoms with Crippen molar-refractivity contribution in [1.29, 1.82) is 0 Å². The van der Waals surface area contributed by atoms with Crippen LogP contribution in [0.3, 0.4) is 0 Å². The summed E-state index contributed by atoms with van der Waals surface area (Å²) in [5.41, 5.74) is 1.32. The Morgan fingerprint density at radius 2 is 1.46 bits per heavy atom. The first kappa shape index (κ1) is 36.1. The van der Waals surface area contributed by atoms with Gasteiger partial charge in [0.2, 0.25) is 5.91 Å². The monoisotopic (exact) mass is 736 g/mol. The number of nitrogen functional groups attached to an aromatic ring is 1. The molecule has 11 nitrogen and oxygen atoms in total. The second-order valence-corrected chi connectivity index (χ2v) is 14.6. The number of nitrogens with two attached hydrogens (primary N) is 1. The summed E-state index contributed by atoms with van der Waals surface area (Å²) in [5.74, 6) is -0.575. The number of fused-ring (bicyclic) bond motifs is 3. The van der Waals surface area contributed by atoms with Crippen molar-refractivity contribution in [2.75, 3.05) is 52.0 Å². The number of para-hydroxylation sites is 2. The summed E-state index contributed by atoms with van der Waals surface area (Å²) in [6.45, 7) is 3.03. The van der Waals surface area contributed by atoms with Gasteiger partial charge in [-0.15, -0.1) is 0 Å². The quantitative estimate of drug-likeness (QED) is 0.257. The van der Waals surface area contributed by atoms with Crippen LogP contribution in [0.4, 0.5) is 36.8 Å². The van der Waals surface area contributed by atoms with Crippen molar-refractivity contribution in [1.82, 2.24) is 34.5 Å². The number of aromatic nitrogens is 2. The number of imidazole rings is 1. The summed E-state index contributed by atoms with van der Waals surface area (Å²) in [6.07, 6.45) is -7.73. The third-order valence-electron chi connectivity index (χ3n) is 11.4. The number of hydrogen-bond donors (Lipinski definition) is 3. The molecule has 0 saturated carbocycles. The highest BCUT2D eigenvalue weighted by atomic mass is 19.4. The van der Waals surface area contributed by atoms with E-state index in [-0.39, 0.29) is 30.9 Å². The van der Waals surface area contributed by atoms with E-state index >= 15 is 0 Å². The van der Waals surface area contributed by atoms with E-state index < -0.39 is 59.1 Å². The SMILES string of the molecule is CN1CC2CC1CN2C1CCN(C(=O)[C@@H](Cc2cc(C(F)(F)F)c(N)c(C(F)(F)F)c2)NC(=O)N2CCC(n3c(=O)[nH]c4ccccc43)CC2)CC1. The number of urea groups is 1. The van der Waals surface area contributed by atoms with Crippen molar-refractivity contribution in [3.63, 3.8) is 0 Å². The maximum atomic E-state index is 14.1. The standard InChI is InChI=1S/C35H42F6N8O3/c1-45-18-24-17-23(45)19-48(24)21-6-10-46(11-7-21)31(50)28(16-20-14-25(34(36,37)38)30(42)26(15-20)35(39,40)41)44-32(51)47-12-8-22(9-13-47)49-29-5-3-2-4-27(29)43-33(49)52/h2-5,14-15,21-24,28H,6-13,16-19,42H2,1H3,(H,43,52)(H,44,51)/t23?,24?,28-/m1/s1. The molecular formula is C35H42F6N8O3. The van der Waals surface area contributed by atoms with Crippen LogP contribution in [0.2, 0.25) is 0 Å². The number of carbonyl (C=O) groups is 2. The summed E-state index contributed by atoms with van der Waals surface area (Å²) in [4.78, 5) is 51.2. The zero-order valence-electron chi connectivity index (χ0n) is 28.6. The Hall–Kier alpha value is -4.25. The smallest absolute Gasteiger partial charge is 0.398 e. The first-order valence-electron chi connectivity index (χ1n) is 17.6. The number of nitrogens with one attached hydrogen (secondary N) is 2. The molecule has 2 aromatic carbocycles. The molecule has 4 aliphatic rings. The van der Waals surface area contributed by atoms with Crippen molar-refractivity contribution in [2.45, 2.75) is 81.1 Å². The summed E-state index contributed by atoms with van der Waals surface area (Å²) in [5, 5.41) is 2.66. The van der Waals surface area contributed by atoms with E-state index in [1.807, 2.05) is 18.2 Å². The molecule has 7 rings (SSSR count). The number of amides is 3. The molecule has 3 aromatic rings. The number of nitrogens with zero attached hydrogens (tertiary/aromatic N) is 5. The Kier molecular flexibility index (Phi) is 9.46. The number of likely N-dealkylation sites (N-methyl/N-ethyl adjacent to an activating group) is 1. The fourth-order valence-corrected chi connectivity index (χ4v) is 8.72. The molecule has 4 N–H and O–H groups in total. The van der Waals surface area contributed by atoms with Crippen LogP contribution in [-0.2, 0) is 23.6 Å². The van der Waals surface area contributed by atoms with Crippen LogP contribution in [0.25, 0.3) is 11.0 Å². The van der Waals surface area contributed by atoms with Crippen molar-refractivity contribution in [3.8, 4) is 0 Å². The first-order valence-corrected chi connectivity index (χ1v) is 17.6. The lowest BCUT2D eigenvalue weighted by atomic mass is 9.96. The first-order chi connectivity index (χ1) is 24.6. The Labute approximate surface area is 295 Å². The van der Waals surface area contributed by atoms with Gasteiger partial charge in [-0.25, -0.2) is 9.59 Å². The van der Waals surface area contributed by atoms with Gasteiger partial charge in [-0.2, -0.15) is 26.3 Å². The van der Waals surface area contributed by atoms with E-state index in [4.69, 9.17) is 5.73 Å². The second-order valence-electron chi connectivity index (χ2n) is 14.6. The third kappa shape index (κ3) is 6.96. The fourth-order valence-electron chi connectivity index (χ4n) is 8.72. The number of hydrogen-bond acceptors (Lipinski definition) is 6. The number of H-pyrrole nitrogens is 1. The minimum atomic E-state index is -5.19. The van der Waals surface area contributed by atoms with Gasteiger partial charge < -0.3 is 30.7 Å². The molecule has 2 unspecified atom stereocenters. The molecule has 0 spiro atoms. The lowest BCUT2D eigenvalue weighted by molar-refractivity contribution is -0.141. The number of benzene rings is 2. The third-order valence-corrected chi connectivity index (χ3v) is 11.4. The number of piperazine rings is 1. The topological polar surface area (TPSA) is 123 Å². The largest absolute Gasteiger partial charge is 0.418 e. The number of likely N-dealkylation sites (tertiary alicyclic amines) is 4. The highest BCUT2D eigenvalue weighted by Crippen LogP contribution is 2.42. The molecule has 3 amide bonds. The van der Waals surface area contributed by atoms with E-state index in [0.717, 1.165) is 25.0 Å². The van der Waals surface area contributed by atoms with Gasteiger partial charge in [-0.05, 0) is 69.0 Å². The second kappa shape index (κ2) is 13.6. The van der Waals surface area contributed by atoms with Gasteiger partial charge in [-0.1, -0.05) is 12.1 Å². The van der Waals surface area contributed by atoms with Gasteiger partial charge in [0.25, 0.3) is 0 Å². The zero-order valence-corrected chi connectivity index (χ0v) is 28.6. The molecule has 282 valence electrons. The summed E-state index contributed by atoms with van der Waals surface area (Å²) >= 11 is 0. The highest BCUT2D eigenvalue weighted by Gasteiger charge is 2.45. The number of piperidine rings is 2. The van der Waals surface area contributed by atoms with Crippen LogP contribution in [0.15, 0.2) is 41.2 Å². The van der Waals surface area contributed by atoms with Crippen molar-refractivity contribution < 1.29 is 35.9 Å². The normalized spacial score (nSPS) is 23.1. The molecule has 3 atom stereocenters. The Morgan fingerprint density at radius 1 is 0.865 bits per heavy atom. The molecule has 5 heterocycles. The van der Waals surface area contributed by atoms with Gasteiger partial charge >= 0.3 is 24.1 Å². The number of rotatable bonds is 6. The highest BCUT2D eigenvalue weighted by molar-refractivity contribution is 5.87. The molecule has 17 heteroatoms. The molecule has 4 fully saturated rings. The van der Waals surface area contributed by atoms with Crippen molar-refractivity contribution in [2.24, 2.45) is 0 Å². The molecular weight excluding hydrogens is 694 g/mol. The van der Waals surface area contributed by atoms with Gasteiger partial charge in [0.15, 0.2) is 0 Å². The predicted molar refractivity (Wildman–Crippen MR) is 180 cm³/mol. The fraction of sp³-hybridized carbons (Fsp3) is 0.571. The molecule has 0 radical (unpaired) electrons. The molecule has 0 aliphatic carbocycles. The Balaban J connectivity index is 1.09. The Bertz CT molecular complexity index is 1840. The van der Waals surface area contributed by atoms with Crippen LogP contribution in [0.5, 0.6) is 0 Å². The number of halogens is 6. The average molecular weight is 737 g/mol. The molecule has 1 aromatic heterocycles. The van der Waals surface area contributed by atoms with Crippen LogP contribution in [0, 0.1) is 0 Å². The molecule has 4 saturated heterocycles. The van der Waals surface area contributed by atoms with Gasteiger partial charge in [-0.3, -0.25) is 14.3 Å². The maximum absolute atomic E-state index is 14.1. The number of alkyl halides is 6. The van der Waals surface area contributed by atoms with E-state index in [1.54, 1.807) is 15.5 Å². The lowest BCUT2D eigenvalue weighted by Gasteiger charge is -2.42. The van der Waals surface area contributed by atoms with E-state index in [2.05, 4.69) is 27.1 Å². The van der Waals surface area contributed by atoms with Gasteiger partial charge in [0, 0.05) is 69.9 Å². The number of carbonyl (C=O) groups excluding carboxylic acids is 2.